The molecule has 1 aliphatic carbocycles. The number of benzene rings is 1. The highest BCUT2D eigenvalue weighted by Crippen LogP contribution is 2.21. The molecule has 3 rings (SSSR count). The molecular formula is C16H18N2. The van der Waals surface area contributed by atoms with Gasteiger partial charge in [0.15, 0.2) is 0 Å². The van der Waals surface area contributed by atoms with Crippen LogP contribution in [0.5, 0.6) is 0 Å². The molecule has 0 spiro atoms. The van der Waals surface area contributed by atoms with Gasteiger partial charge in [-0.15, -0.1) is 0 Å². The fraction of sp³-hybridized carbons (Fsp3) is 0.312. The van der Waals surface area contributed by atoms with Gasteiger partial charge in [0.2, 0.25) is 0 Å². The van der Waals surface area contributed by atoms with Gasteiger partial charge in [0.25, 0.3) is 0 Å². The Morgan fingerprint density at radius 3 is 2.56 bits per heavy atom. The molecule has 0 unspecified atom stereocenters. The van der Waals surface area contributed by atoms with Gasteiger partial charge < -0.3 is 5.32 Å². The molecule has 0 fully saturated rings. The molecule has 0 atom stereocenters. The Hall–Kier alpha value is -1.67. The zero-order valence-electron chi connectivity index (χ0n) is 10.7. The normalized spacial score (nSPS) is 14.7. The lowest BCUT2D eigenvalue weighted by molar-refractivity contribution is 0.532. The van der Waals surface area contributed by atoms with Crippen molar-refractivity contribution in [2.24, 2.45) is 0 Å². The van der Waals surface area contributed by atoms with Crippen molar-refractivity contribution in [3.63, 3.8) is 0 Å². The zero-order chi connectivity index (χ0) is 12.4. The molecule has 0 amide bonds. The van der Waals surface area contributed by atoms with E-state index in [9.17, 15) is 0 Å². The summed E-state index contributed by atoms with van der Waals surface area (Å²) in [5.41, 5.74) is 5.62. The van der Waals surface area contributed by atoms with Crippen LogP contribution in [0.15, 0.2) is 42.7 Å². The van der Waals surface area contributed by atoms with Gasteiger partial charge in [-0.25, -0.2) is 0 Å². The quantitative estimate of drug-likeness (QED) is 0.889. The van der Waals surface area contributed by atoms with Crippen LogP contribution in [0.4, 0.5) is 0 Å². The maximum Gasteiger partial charge on any atom is 0.0300 e. The number of nitrogens with one attached hydrogen (secondary N) is 1. The standard InChI is InChI=1S/C16H18N2/c1-12-10-17-7-6-15(12)11-18-16-8-13-4-2-3-5-14(13)9-16/h2-7,10,16,18H,8-9,11H2,1H3. The molecule has 0 radical (unpaired) electrons. The Labute approximate surface area is 108 Å². The van der Waals surface area contributed by atoms with Crippen LogP contribution in [0, 0.1) is 6.92 Å². The van der Waals surface area contributed by atoms with E-state index >= 15 is 0 Å². The molecule has 2 heteroatoms. The van der Waals surface area contributed by atoms with Crippen LogP contribution >= 0.6 is 0 Å². The average molecular weight is 238 g/mol. The number of rotatable bonds is 3. The SMILES string of the molecule is Cc1cnccc1CNC1Cc2ccccc2C1. The van der Waals surface area contributed by atoms with E-state index in [0.717, 1.165) is 19.4 Å². The monoisotopic (exact) mass is 238 g/mol. The summed E-state index contributed by atoms with van der Waals surface area (Å²) in [4.78, 5) is 4.13. The lowest BCUT2D eigenvalue weighted by atomic mass is 10.1. The van der Waals surface area contributed by atoms with Crippen LogP contribution in [0.1, 0.15) is 22.3 Å². The molecule has 2 aromatic rings. The van der Waals surface area contributed by atoms with E-state index in [-0.39, 0.29) is 0 Å². The Morgan fingerprint density at radius 2 is 1.89 bits per heavy atom. The minimum Gasteiger partial charge on any atom is -0.309 e. The molecule has 1 heterocycles. The summed E-state index contributed by atoms with van der Waals surface area (Å²) in [7, 11) is 0. The molecule has 92 valence electrons. The summed E-state index contributed by atoms with van der Waals surface area (Å²) in [5.74, 6) is 0. The molecule has 0 saturated heterocycles. The van der Waals surface area contributed by atoms with Crippen LogP contribution in [0.2, 0.25) is 0 Å². The minimum atomic E-state index is 0.579. The van der Waals surface area contributed by atoms with E-state index in [1.807, 2.05) is 12.4 Å². The van der Waals surface area contributed by atoms with Gasteiger partial charge in [-0.05, 0) is 48.1 Å². The van der Waals surface area contributed by atoms with Crippen molar-refractivity contribution < 1.29 is 0 Å². The smallest absolute Gasteiger partial charge is 0.0300 e. The third-order valence-corrected chi connectivity index (χ3v) is 3.77. The topological polar surface area (TPSA) is 24.9 Å². The van der Waals surface area contributed by atoms with Gasteiger partial charge in [-0.2, -0.15) is 0 Å². The van der Waals surface area contributed by atoms with E-state index in [4.69, 9.17) is 0 Å². The summed E-state index contributed by atoms with van der Waals surface area (Å²) in [6, 6.07) is 11.4. The molecule has 0 bridgehead atoms. The van der Waals surface area contributed by atoms with E-state index in [2.05, 4.69) is 47.6 Å². The average Bonchev–Trinajstić information content (AvgIpc) is 2.80. The van der Waals surface area contributed by atoms with Crippen molar-refractivity contribution in [3.8, 4) is 0 Å². The first kappa shape index (κ1) is 11.4. The van der Waals surface area contributed by atoms with Crippen molar-refractivity contribution in [2.45, 2.75) is 32.4 Å². The lowest BCUT2D eigenvalue weighted by Crippen LogP contribution is -2.29. The first-order valence-electron chi connectivity index (χ1n) is 6.52. The summed E-state index contributed by atoms with van der Waals surface area (Å²) in [5, 5.41) is 3.66. The first-order valence-corrected chi connectivity index (χ1v) is 6.52. The Morgan fingerprint density at radius 1 is 1.17 bits per heavy atom. The van der Waals surface area contributed by atoms with Crippen LogP contribution in [0.3, 0.4) is 0 Å². The summed E-state index contributed by atoms with van der Waals surface area (Å²) >= 11 is 0. The van der Waals surface area contributed by atoms with Crippen molar-refractivity contribution in [2.75, 3.05) is 0 Å². The van der Waals surface area contributed by atoms with Gasteiger partial charge in [0, 0.05) is 25.0 Å². The number of hydrogen-bond acceptors (Lipinski definition) is 2. The lowest BCUT2D eigenvalue weighted by Gasteiger charge is -2.13. The second-order valence-corrected chi connectivity index (χ2v) is 5.06. The molecule has 0 aliphatic heterocycles. The number of hydrogen-bond donors (Lipinski definition) is 1. The second kappa shape index (κ2) is 4.91. The van der Waals surface area contributed by atoms with Gasteiger partial charge >= 0.3 is 0 Å². The predicted molar refractivity (Wildman–Crippen MR) is 73.5 cm³/mol. The molecule has 1 aromatic heterocycles. The second-order valence-electron chi connectivity index (χ2n) is 5.06. The highest BCUT2D eigenvalue weighted by atomic mass is 14.9. The maximum atomic E-state index is 4.13. The number of nitrogens with zero attached hydrogens (tertiary/aromatic N) is 1. The summed E-state index contributed by atoms with van der Waals surface area (Å²) < 4.78 is 0. The summed E-state index contributed by atoms with van der Waals surface area (Å²) in [6.07, 6.45) is 6.11. The molecule has 2 nitrogen and oxygen atoms in total. The number of pyridine rings is 1. The molecule has 0 saturated carbocycles. The molecule has 1 N–H and O–H groups in total. The summed E-state index contributed by atoms with van der Waals surface area (Å²) in [6.45, 7) is 3.06. The zero-order valence-corrected chi connectivity index (χ0v) is 10.7. The van der Waals surface area contributed by atoms with E-state index in [1.165, 1.54) is 22.3 Å². The van der Waals surface area contributed by atoms with Gasteiger partial charge in [0.05, 0.1) is 0 Å². The van der Waals surface area contributed by atoms with Crippen LogP contribution in [-0.2, 0) is 19.4 Å². The third kappa shape index (κ3) is 2.29. The Bertz CT molecular complexity index is 523. The molecule has 1 aliphatic rings. The van der Waals surface area contributed by atoms with Gasteiger partial charge in [-0.1, -0.05) is 24.3 Å². The number of aryl methyl sites for hydroxylation is 1. The van der Waals surface area contributed by atoms with Crippen molar-refractivity contribution in [1.29, 1.82) is 0 Å². The van der Waals surface area contributed by atoms with E-state index in [0.29, 0.717) is 6.04 Å². The number of aromatic nitrogens is 1. The van der Waals surface area contributed by atoms with Crippen molar-refractivity contribution >= 4 is 0 Å². The Balaban J connectivity index is 1.62. The van der Waals surface area contributed by atoms with Gasteiger partial charge in [0.1, 0.15) is 0 Å². The fourth-order valence-corrected chi connectivity index (χ4v) is 2.66. The largest absolute Gasteiger partial charge is 0.309 e. The molecular weight excluding hydrogens is 220 g/mol. The Kier molecular flexibility index (Phi) is 3.11. The third-order valence-electron chi connectivity index (χ3n) is 3.77. The van der Waals surface area contributed by atoms with Crippen LogP contribution < -0.4 is 5.32 Å². The highest BCUT2D eigenvalue weighted by Gasteiger charge is 2.20. The number of fused-ring (bicyclic) bond motifs is 1. The highest BCUT2D eigenvalue weighted by molar-refractivity contribution is 5.33. The minimum absolute atomic E-state index is 0.579. The first-order chi connectivity index (χ1) is 8.83. The van der Waals surface area contributed by atoms with E-state index < -0.39 is 0 Å². The van der Waals surface area contributed by atoms with Gasteiger partial charge in [-0.3, -0.25) is 4.98 Å². The van der Waals surface area contributed by atoms with E-state index in [1.54, 1.807) is 0 Å². The van der Waals surface area contributed by atoms with Crippen LogP contribution in [0.25, 0.3) is 0 Å². The molecule has 1 aromatic carbocycles. The van der Waals surface area contributed by atoms with Crippen molar-refractivity contribution in [1.82, 2.24) is 10.3 Å². The molecule has 18 heavy (non-hydrogen) atoms. The van der Waals surface area contributed by atoms with Crippen molar-refractivity contribution in [3.05, 3.63) is 65.0 Å². The predicted octanol–water partition coefficient (Wildman–Crippen LogP) is 2.65. The van der Waals surface area contributed by atoms with Crippen LogP contribution in [-0.4, -0.2) is 11.0 Å². The fourth-order valence-electron chi connectivity index (χ4n) is 2.66. The maximum absolute atomic E-state index is 4.13.